The Bertz CT molecular complexity index is 1160. The predicted molar refractivity (Wildman–Crippen MR) is 115 cm³/mol. The summed E-state index contributed by atoms with van der Waals surface area (Å²) in [6, 6.07) is 7.51. The fourth-order valence-corrected chi connectivity index (χ4v) is 4.58. The van der Waals surface area contributed by atoms with Crippen LogP contribution in [0.1, 0.15) is 24.6 Å². The maximum atomic E-state index is 12.5. The summed E-state index contributed by atoms with van der Waals surface area (Å²) in [5.74, 6) is 0.865. The van der Waals surface area contributed by atoms with Gasteiger partial charge in [0.25, 0.3) is 11.1 Å². The lowest BCUT2D eigenvalue weighted by atomic mass is 10.0. The molecule has 3 aromatic rings. The van der Waals surface area contributed by atoms with Gasteiger partial charge in [0.2, 0.25) is 0 Å². The van der Waals surface area contributed by atoms with Gasteiger partial charge in [-0.05, 0) is 50.2 Å². The van der Waals surface area contributed by atoms with Crippen molar-refractivity contribution in [2.75, 3.05) is 26.2 Å². The molecular formula is C22H25N5O3. The van der Waals surface area contributed by atoms with E-state index in [0.717, 1.165) is 44.8 Å². The Hall–Kier alpha value is -2.97. The average Bonchev–Trinajstić information content (AvgIpc) is 3.40. The number of furan rings is 1. The molecule has 156 valence electrons. The molecule has 0 aliphatic carbocycles. The molecule has 30 heavy (non-hydrogen) atoms. The Morgan fingerprint density at radius 1 is 1.17 bits per heavy atom. The van der Waals surface area contributed by atoms with Gasteiger partial charge in [-0.25, -0.2) is 4.98 Å². The molecule has 1 N–H and O–H groups in total. The summed E-state index contributed by atoms with van der Waals surface area (Å²) in [5, 5.41) is 3.58. The maximum Gasteiger partial charge on any atom is 0.270 e. The van der Waals surface area contributed by atoms with Gasteiger partial charge in [-0.3, -0.25) is 18.7 Å². The van der Waals surface area contributed by atoms with E-state index in [4.69, 9.17) is 4.42 Å². The molecule has 8 heteroatoms. The topological polar surface area (TPSA) is 85.3 Å². The first-order valence-electron chi connectivity index (χ1n) is 10.5. The molecule has 3 aromatic heterocycles. The SMILES string of the molecule is O=c1ccc2ncc(=O)n3c2n1CC3CN1CCC(NC/C=C/c2ccco2)CC1. The maximum absolute atomic E-state index is 12.5. The number of nitrogens with one attached hydrogen (secondary N) is 1. The van der Waals surface area contributed by atoms with E-state index in [-0.39, 0.29) is 17.2 Å². The molecular weight excluding hydrogens is 382 g/mol. The van der Waals surface area contributed by atoms with Crippen LogP contribution in [0.5, 0.6) is 0 Å². The lowest BCUT2D eigenvalue weighted by Gasteiger charge is -2.34. The lowest BCUT2D eigenvalue weighted by molar-refractivity contribution is 0.173. The molecule has 2 aliphatic heterocycles. The summed E-state index contributed by atoms with van der Waals surface area (Å²) in [6.07, 6.45) is 9.23. The second kappa shape index (κ2) is 8.04. The molecule has 0 amide bonds. The molecule has 8 nitrogen and oxygen atoms in total. The van der Waals surface area contributed by atoms with Crippen molar-refractivity contribution in [3.8, 4) is 0 Å². The van der Waals surface area contributed by atoms with Crippen LogP contribution in [0.4, 0.5) is 0 Å². The van der Waals surface area contributed by atoms with Crippen LogP contribution in [0.3, 0.4) is 0 Å². The molecule has 1 saturated heterocycles. The predicted octanol–water partition coefficient (Wildman–Crippen LogP) is 1.47. The Labute approximate surface area is 173 Å². The smallest absolute Gasteiger partial charge is 0.270 e. The highest BCUT2D eigenvalue weighted by Crippen LogP contribution is 2.24. The molecule has 2 aliphatic rings. The molecule has 0 saturated carbocycles. The number of aromatic nitrogens is 3. The number of piperidine rings is 1. The summed E-state index contributed by atoms with van der Waals surface area (Å²) in [5.41, 5.74) is 1.14. The third kappa shape index (κ3) is 3.64. The number of pyridine rings is 1. The molecule has 0 aromatic carbocycles. The van der Waals surface area contributed by atoms with E-state index in [2.05, 4.69) is 21.3 Å². The van der Waals surface area contributed by atoms with Crippen molar-refractivity contribution in [1.82, 2.24) is 24.3 Å². The van der Waals surface area contributed by atoms with Crippen LogP contribution in [0.2, 0.25) is 0 Å². The van der Waals surface area contributed by atoms with Gasteiger partial charge in [0.1, 0.15) is 16.9 Å². The molecule has 0 radical (unpaired) electrons. The lowest BCUT2D eigenvalue weighted by Crippen LogP contribution is -2.44. The zero-order chi connectivity index (χ0) is 20.5. The van der Waals surface area contributed by atoms with Crippen molar-refractivity contribution in [1.29, 1.82) is 0 Å². The highest BCUT2D eigenvalue weighted by atomic mass is 16.3. The first-order chi connectivity index (χ1) is 14.7. The van der Waals surface area contributed by atoms with Crippen molar-refractivity contribution in [3.05, 3.63) is 69.3 Å². The number of hydrogen-bond acceptors (Lipinski definition) is 6. The van der Waals surface area contributed by atoms with Gasteiger partial charge in [-0.1, -0.05) is 6.08 Å². The van der Waals surface area contributed by atoms with Gasteiger partial charge in [0.15, 0.2) is 0 Å². The molecule has 1 unspecified atom stereocenters. The van der Waals surface area contributed by atoms with E-state index in [0.29, 0.717) is 23.8 Å². The first-order valence-corrected chi connectivity index (χ1v) is 10.5. The van der Waals surface area contributed by atoms with Crippen LogP contribution in [0, 0.1) is 0 Å². The average molecular weight is 407 g/mol. The van der Waals surface area contributed by atoms with Gasteiger partial charge in [0.05, 0.1) is 18.5 Å². The fourth-order valence-electron chi connectivity index (χ4n) is 4.58. The van der Waals surface area contributed by atoms with E-state index in [1.165, 1.54) is 12.3 Å². The molecule has 5 rings (SSSR count). The first kappa shape index (κ1) is 19.0. The second-order valence-electron chi connectivity index (χ2n) is 8.01. The Kier molecular flexibility index (Phi) is 5.10. The Morgan fingerprint density at radius 2 is 2.03 bits per heavy atom. The van der Waals surface area contributed by atoms with Crippen molar-refractivity contribution in [2.45, 2.75) is 31.5 Å². The van der Waals surface area contributed by atoms with E-state index in [9.17, 15) is 9.59 Å². The van der Waals surface area contributed by atoms with Crippen LogP contribution in [-0.4, -0.2) is 51.2 Å². The number of hydrogen-bond donors (Lipinski definition) is 1. The van der Waals surface area contributed by atoms with Crippen molar-refractivity contribution < 1.29 is 4.42 Å². The highest BCUT2D eigenvalue weighted by molar-refractivity contribution is 5.71. The van der Waals surface area contributed by atoms with Crippen molar-refractivity contribution in [2.24, 2.45) is 0 Å². The molecule has 5 heterocycles. The van der Waals surface area contributed by atoms with Gasteiger partial charge in [-0.2, -0.15) is 0 Å². The van der Waals surface area contributed by atoms with E-state index in [1.54, 1.807) is 21.5 Å². The number of rotatable bonds is 6. The molecule has 0 spiro atoms. The second-order valence-corrected chi connectivity index (χ2v) is 8.01. The minimum atomic E-state index is -0.135. The monoisotopic (exact) mass is 407 g/mol. The number of nitrogens with zero attached hydrogens (tertiary/aromatic N) is 4. The normalized spacial score (nSPS) is 19.9. The van der Waals surface area contributed by atoms with Crippen LogP contribution in [0.15, 0.2) is 56.8 Å². The van der Waals surface area contributed by atoms with Gasteiger partial charge < -0.3 is 14.6 Å². The Morgan fingerprint density at radius 3 is 2.83 bits per heavy atom. The minimum Gasteiger partial charge on any atom is -0.465 e. The van der Waals surface area contributed by atoms with E-state index >= 15 is 0 Å². The molecule has 1 fully saturated rings. The van der Waals surface area contributed by atoms with Gasteiger partial charge in [-0.15, -0.1) is 0 Å². The van der Waals surface area contributed by atoms with Crippen molar-refractivity contribution >= 4 is 17.2 Å². The third-order valence-corrected chi connectivity index (χ3v) is 6.08. The summed E-state index contributed by atoms with van der Waals surface area (Å²) in [7, 11) is 0. The third-order valence-electron chi connectivity index (χ3n) is 6.08. The van der Waals surface area contributed by atoms with Crippen LogP contribution in [-0.2, 0) is 6.54 Å². The molecule has 0 bridgehead atoms. The van der Waals surface area contributed by atoms with Crippen molar-refractivity contribution in [3.63, 3.8) is 0 Å². The highest BCUT2D eigenvalue weighted by Gasteiger charge is 2.29. The quantitative estimate of drug-likeness (QED) is 0.666. The van der Waals surface area contributed by atoms with Gasteiger partial charge >= 0.3 is 0 Å². The van der Waals surface area contributed by atoms with E-state index < -0.39 is 0 Å². The minimum absolute atomic E-state index is 0.0289. The van der Waals surface area contributed by atoms with Crippen LogP contribution >= 0.6 is 0 Å². The summed E-state index contributed by atoms with van der Waals surface area (Å²) in [4.78, 5) is 31.4. The standard InChI is InChI=1S/C22H25N5O3/c28-20-6-5-19-22-26(20)15-17(27(22)21(29)13-24-19)14-25-10-7-16(8-11-25)23-9-1-3-18-4-2-12-30-18/h1-6,12-13,16-17,23H,7-11,14-15H2/b3-1+. The molecule has 1 atom stereocenters. The van der Waals surface area contributed by atoms with Crippen LogP contribution < -0.4 is 16.4 Å². The van der Waals surface area contributed by atoms with E-state index in [1.807, 2.05) is 18.2 Å². The fraction of sp³-hybridized carbons (Fsp3) is 0.409. The number of likely N-dealkylation sites (tertiary alicyclic amines) is 1. The Balaban J connectivity index is 1.18. The largest absolute Gasteiger partial charge is 0.465 e. The zero-order valence-electron chi connectivity index (χ0n) is 16.7. The van der Waals surface area contributed by atoms with Gasteiger partial charge in [0, 0.05) is 31.7 Å². The summed E-state index contributed by atoms with van der Waals surface area (Å²) >= 11 is 0. The summed E-state index contributed by atoms with van der Waals surface area (Å²) in [6.45, 7) is 4.07. The summed E-state index contributed by atoms with van der Waals surface area (Å²) < 4.78 is 8.74. The zero-order valence-corrected chi connectivity index (χ0v) is 16.7. The van der Waals surface area contributed by atoms with Crippen LogP contribution in [0.25, 0.3) is 17.2 Å².